The summed E-state index contributed by atoms with van der Waals surface area (Å²) >= 11 is 0. The van der Waals surface area contributed by atoms with Gasteiger partial charge in [0.05, 0.1) is 5.69 Å². The molecule has 0 amide bonds. The van der Waals surface area contributed by atoms with Gasteiger partial charge in [0.25, 0.3) is 5.56 Å². The van der Waals surface area contributed by atoms with Crippen LogP contribution in [0.25, 0.3) is 0 Å². The maximum atomic E-state index is 12.0. The highest BCUT2D eigenvalue weighted by Gasteiger charge is 2.09. The van der Waals surface area contributed by atoms with Gasteiger partial charge in [-0.1, -0.05) is 30.3 Å². The molecular weight excluding hydrogens is 252 g/mol. The number of hydrogen-bond acceptors (Lipinski definition) is 3. The fourth-order valence-electron chi connectivity index (χ4n) is 2.09. The maximum absolute atomic E-state index is 12.0. The normalized spacial score (nSPS) is 10.3. The van der Waals surface area contributed by atoms with Crippen LogP contribution >= 0.6 is 0 Å². The van der Waals surface area contributed by atoms with Gasteiger partial charge in [0.15, 0.2) is 6.29 Å². The molecule has 0 radical (unpaired) electrons. The van der Waals surface area contributed by atoms with Crippen molar-refractivity contribution in [2.24, 2.45) is 7.05 Å². The number of carbonyl (C=O) groups is 1. The molecule has 0 aliphatic rings. The van der Waals surface area contributed by atoms with Gasteiger partial charge in [0.2, 0.25) is 0 Å². The lowest BCUT2D eigenvalue weighted by Crippen LogP contribution is -2.25. The first kappa shape index (κ1) is 14.1. The third-order valence-electron chi connectivity index (χ3n) is 3.40. The van der Waals surface area contributed by atoms with Crippen molar-refractivity contribution in [3.63, 3.8) is 0 Å². The van der Waals surface area contributed by atoms with Crippen molar-refractivity contribution in [3.8, 4) is 0 Å². The molecule has 0 spiro atoms. The van der Waals surface area contributed by atoms with E-state index in [0.717, 1.165) is 12.1 Å². The molecule has 104 valence electrons. The van der Waals surface area contributed by atoms with E-state index in [1.807, 2.05) is 31.2 Å². The van der Waals surface area contributed by atoms with Gasteiger partial charge in [0, 0.05) is 19.3 Å². The van der Waals surface area contributed by atoms with E-state index >= 15 is 0 Å². The summed E-state index contributed by atoms with van der Waals surface area (Å²) in [6, 6.07) is 11.9. The first-order chi connectivity index (χ1) is 9.63. The standard InChI is InChI=1S/C16H18N2O2/c1-12-10-15(14(11-19)16(20)18(12)2)17-9-8-13-6-4-3-5-7-13/h3-7,10-11,17H,8-9H2,1-2H3. The number of aromatic nitrogens is 1. The number of nitrogens with one attached hydrogen (secondary N) is 1. The molecule has 0 aliphatic carbocycles. The Labute approximate surface area is 118 Å². The zero-order chi connectivity index (χ0) is 14.5. The summed E-state index contributed by atoms with van der Waals surface area (Å²) in [6.07, 6.45) is 1.46. The molecule has 20 heavy (non-hydrogen) atoms. The molecule has 4 heteroatoms. The molecule has 0 aliphatic heterocycles. The highest BCUT2D eigenvalue weighted by Crippen LogP contribution is 2.12. The number of aryl methyl sites for hydroxylation is 1. The van der Waals surface area contributed by atoms with Gasteiger partial charge in [0.1, 0.15) is 5.56 Å². The van der Waals surface area contributed by atoms with E-state index in [1.165, 1.54) is 10.1 Å². The quantitative estimate of drug-likeness (QED) is 0.847. The Morgan fingerprint density at radius 2 is 1.95 bits per heavy atom. The number of carbonyl (C=O) groups excluding carboxylic acids is 1. The van der Waals surface area contributed by atoms with Crippen LogP contribution in [0.4, 0.5) is 5.69 Å². The molecule has 0 bridgehead atoms. The number of anilines is 1. The molecule has 0 saturated carbocycles. The molecule has 2 aromatic rings. The van der Waals surface area contributed by atoms with Crippen LogP contribution in [-0.4, -0.2) is 17.4 Å². The first-order valence-corrected chi connectivity index (χ1v) is 6.57. The molecule has 0 atom stereocenters. The SMILES string of the molecule is Cc1cc(NCCc2ccccc2)c(C=O)c(=O)n1C. The van der Waals surface area contributed by atoms with E-state index in [1.54, 1.807) is 7.05 Å². The van der Waals surface area contributed by atoms with E-state index < -0.39 is 0 Å². The van der Waals surface area contributed by atoms with Crippen molar-refractivity contribution in [3.05, 3.63) is 63.6 Å². The summed E-state index contributed by atoms with van der Waals surface area (Å²) in [5, 5.41) is 3.18. The minimum absolute atomic E-state index is 0.186. The number of pyridine rings is 1. The molecule has 0 saturated heterocycles. The third kappa shape index (κ3) is 2.96. The van der Waals surface area contributed by atoms with Crippen LogP contribution in [0.1, 0.15) is 21.6 Å². The zero-order valence-electron chi connectivity index (χ0n) is 11.7. The third-order valence-corrected chi connectivity index (χ3v) is 3.40. The Hall–Kier alpha value is -2.36. The Morgan fingerprint density at radius 3 is 2.60 bits per heavy atom. The Balaban J connectivity index is 2.14. The van der Waals surface area contributed by atoms with Gasteiger partial charge in [-0.3, -0.25) is 9.59 Å². The van der Waals surface area contributed by atoms with Crippen LogP contribution in [0, 0.1) is 6.92 Å². The monoisotopic (exact) mass is 270 g/mol. The summed E-state index contributed by atoms with van der Waals surface area (Å²) in [7, 11) is 1.67. The first-order valence-electron chi connectivity index (χ1n) is 6.57. The van der Waals surface area contributed by atoms with Crippen LogP contribution in [0.2, 0.25) is 0 Å². The van der Waals surface area contributed by atoms with Gasteiger partial charge in [-0.15, -0.1) is 0 Å². The van der Waals surface area contributed by atoms with Crippen molar-refractivity contribution in [1.29, 1.82) is 0 Å². The minimum Gasteiger partial charge on any atom is -0.384 e. The highest BCUT2D eigenvalue weighted by atomic mass is 16.1. The molecule has 1 aromatic carbocycles. The summed E-state index contributed by atoms with van der Waals surface area (Å²) in [6.45, 7) is 2.52. The van der Waals surface area contributed by atoms with Crippen molar-refractivity contribution in [1.82, 2.24) is 4.57 Å². The second kappa shape index (κ2) is 6.19. The number of nitrogens with zero attached hydrogens (tertiary/aromatic N) is 1. The molecule has 1 heterocycles. The number of benzene rings is 1. The predicted octanol–water partition coefficient (Wildman–Crippen LogP) is 2.16. The lowest BCUT2D eigenvalue weighted by molar-refractivity contribution is 0.112. The number of aldehydes is 1. The van der Waals surface area contributed by atoms with E-state index in [4.69, 9.17) is 0 Å². The van der Waals surface area contributed by atoms with Crippen molar-refractivity contribution in [2.45, 2.75) is 13.3 Å². The molecule has 2 rings (SSSR count). The van der Waals surface area contributed by atoms with Crippen LogP contribution in [0.15, 0.2) is 41.2 Å². The van der Waals surface area contributed by atoms with Crippen LogP contribution < -0.4 is 10.9 Å². The fraction of sp³-hybridized carbons (Fsp3) is 0.250. The van der Waals surface area contributed by atoms with Crippen LogP contribution in [0.5, 0.6) is 0 Å². The number of rotatable bonds is 5. The Kier molecular flexibility index (Phi) is 4.35. The van der Waals surface area contributed by atoms with Gasteiger partial charge < -0.3 is 9.88 Å². The minimum atomic E-state index is -0.262. The van der Waals surface area contributed by atoms with Crippen molar-refractivity contribution < 1.29 is 4.79 Å². The fourth-order valence-corrected chi connectivity index (χ4v) is 2.09. The molecule has 0 unspecified atom stereocenters. The molecule has 0 fully saturated rings. The highest BCUT2D eigenvalue weighted by molar-refractivity contribution is 5.83. The van der Waals surface area contributed by atoms with E-state index in [0.29, 0.717) is 18.5 Å². The van der Waals surface area contributed by atoms with E-state index in [-0.39, 0.29) is 11.1 Å². The molecule has 1 N–H and O–H groups in total. The Bertz CT molecular complexity index is 660. The zero-order valence-corrected chi connectivity index (χ0v) is 11.7. The average molecular weight is 270 g/mol. The van der Waals surface area contributed by atoms with Gasteiger partial charge >= 0.3 is 0 Å². The van der Waals surface area contributed by atoms with Crippen LogP contribution in [-0.2, 0) is 13.5 Å². The van der Waals surface area contributed by atoms with Gasteiger partial charge in [-0.2, -0.15) is 0 Å². The second-order valence-corrected chi connectivity index (χ2v) is 4.76. The molecule has 1 aromatic heterocycles. The molecular formula is C16H18N2O2. The van der Waals surface area contributed by atoms with Crippen molar-refractivity contribution in [2.75, 3.05) is 11.9 Å². The lowest BCUT2D eigenvalue weighted by Gasteiger charge is -2.12. The van der Waals surface area contributed by atoms with Gasteiger partial charge in [-0.05, 0) is 25.0 Å². The van der Waals surface area contributed by atoms with Gasteiger partial charge in [-0.25, -0.2) is 0 Å². The predicted molar refractivity (Wildman–Crippen MR) is 80.4 cm³/mol. The van der Waals surface area contributed by atoms with E-state index in [9.17, 15) is 9.59 Å². The molecule has 4 nitrogen and oxygen atoms in total. The number of hydrogen-bond donors (Lipinski definition) is 1. The summed E-state index contributed by atoms with van der Waals surface area (Å²) in [4.78, 5) is 23.1. The smallest absolute Gasteiger partial charge is 0.263 e. The average Bonchev–Trinajstić information content (AvgIpc) is 2.46. The topological polar surface area (TPSA) is 51.1 Å². The largest absolute Gasteiger partial charge is 0.384 e. The van der Waals surface area contributed by atoms with E-state index in [2.05, 4.69) is 17.4 Å². The Morgan fingerprint density at radius 1 is 1.25 bits per heavy atom. The summed E-state index contributed by atoms with van der Waals surface area (Å²) in [5.41, 5.74) is 2.57. The lowest BCUT2D eigenvalue weighted by atomic mass is 10.1. The summed E-state index contributed by atoms with van der Waals surface area (Å²) in [5.74, 6) is 0. The second-order valence-electron chi connectivity index (χ2n) is 4.76. The maximum Gasteiger partial charge on any atom is 0.263 e. The van der Waals surface area contributed by atoms with Crippen LogP contribution in [0.3, 0.4) is 0 Å². The summed E-state index contributed by atoms with van der Waals surface area (Å²) < 4.78 is 1.48. The van der Waals surface area contributed by atoms with Crippen molar-refractivity contribution >= 4 is 12.0 Å².